The van der Waals surface area contributed by atoms with E-state index in [2.05, 4.69) is 5.92 Å². The maximum atomic E-state index is 11.3. The standard InChI is InChI=1S/C11H11NO/c1-2-9-3-5-10(6-4-9)11(13)7-8-12/h1,3-6H,7-8,12H2. The monoisotopic (exact) mass is 173 g/mol. The van der Waals surface area contributed by atoms with E-state index < -0.39 is 0 Å². The number of terminal acetylenes is 1. The molecule has 0 spiro atoms. The number of benzene rings is 1. The van der Waals surface area contributed by atoms with Crippen molar-refractivity contribution in [3.63, 3.8) is 0 Å². The van der Waals surface area contributed by atoms with Crippen LogP contribution in [0.3, 0.4) is 0 Å². The molecule has 0 radical (unpaired) electrons. The van der Waals surface area contributed by atoms with Crippen LogP contribution in [0.4, 0.5) is 0 Å². The van der Waals surface area contributed by atoms with E-state index in [4.69, 9.17) is 12.2 Å². The smallest absolute Gasteiger partial charge is 0.164 e. The van der Waals surface area contributed by atoms with Gasteiger partial charge in [-0.1, -0.05) is 18.1 Å². The lowest BCUT2D eigenvalue weighted by molar-refractivity contribution is 0.0985. The van der Waals surface area contributed by atoms with Crippen molar-refractivity contribution in [1.29, 1.82) is 0 Å². The number of ketones is 1. The zero-order chi connectivity index (χ0) is 9.68. The molecule has 0 fully saturated rings. The first-order valence-electron chi connectivity index (χ1n) is 4.08. The zero-order valence-electron chi connectivity index (χ0n) is 7.29. The van der Waals surface area contributed by atoms with Crippen molar-refractivity contribution in [2.45, 2.75) is 6.42 Å². The lowest BCUT2D eigenvalue weighted by Gasteiger charge is -1.98. The Labute approximate surface area is 77.8 Å². The molecule has 0 saturated heterocycles. The third kappa shape index (κ3) is 2.43. The van der Waals surface area contributed by atoms with E-state index in [0.717, 1.165) is 5.56 Å². The summed E-state index contributed by atoms with van der Waals surface area (Å²) in [5, 5.41) is 0. The van der Waals surface area contributed by atoms with Crippen LogP contribution in [0, 0.1) is 12.3 Å². The van der Waals surface area contributed by atoms with Crippen LogP contribution in [0.1, 0.15) is 22.3 Å². The third-order valence-corrected chi connectivity index (χ3v) is 1.74. The van der Waals surface area contributed by atoms with E-state index in [-0.39, 0.29) is 5.78 Å². The Bertz CT molecular complexity index is 332. The number of Topliss-reactive ketones (excluding diaryl/α,β-unsaturated/α-hetero) is 1. The first-order valence-corrected chi connectivity index (χ1v) is 4.08. The molecule has 0 amide bonds. The van der Waals surface area contributed by atoms with Gasteiger partial charge in [-0.25, -0.2) is 0 Å². The zero-order valence-corrected chi connectivity index (χ0v) is 7.29. The highest BCUT2D eigenvalue weighted by atomic mass is 16.1. The summed E-state index contributed by atoms with van der Waals surface area (Å²) < 4.78 is 0. The number of rotatable bonds is 3. The van der Waals surface area contributed by atoms with Gasteiger partial charge in [0.25, 0.3) is 0 Å². The third-order valence-electron chi connectivity index (χ3n) is 1.74. The van der Waals surface area contributed by atoms with Crippen molar-refractivity contribution >= 4 is 5.78 Å². The van der Waals surface area contributed by atoms with E-state index in [0.29, 0.717) is 18.5 Å². The Kier molecular flexibility index (Phi) is 3.24. The van der Waals surface area contributed by atoms with Crippen LogP contribution in [-0.2, 0) is 0 Å². The molecule has 2 N–H and O–H groups in total. The number of carbonyl (C=O) groups is 1. The molecule has 0 saturated carbocycles. The van der Waals surface area contributed by atoms with Gasteiger partial charge >= 0.3 is 0 Å². The minimum Gasteiger partial charge on any atom is -0.330 e. The molecule has 0 atom stereocenters. The molecule has 0 aliphatic heterocycles. The molecule has 0 unspecified atom stereocenters. The Morgan fingerprint density at radius 2 is 2.00 bits per heavy atom. The maximum Gasteiger partial charge on any atom is 0.164 e. The van der Waals surface area contributed by atoms with Crippen molar-refractivity contribution in [1.82, 2.24) is 0 Å². The second kappa shape index (κ2) is 4.44. The molecule has 0 aliphatic rings. The Balaban J connectivity index is 2.81. The minimum atomic E-state index is 0.0612. The van der Waals surface area contributed by atoms with Gasteiger partial charge in [0.1, 0.15) is 0 Å². The molecule has 66 valence electrons. The Hall–Kier alpha value is -1.59. The fraction of sp³-hybridized carbons (Fsp3) is 0.182. The summed E-state index contributed by atoms with van der Waals surface area (Å²) >= 11 is 0. The fourth-order valence-corrected chi connectivity index (χ4v) is 1.03. The van der Waals surface area contributed by atoms with E-state index in [1.807, 2.05) is 0 Å². The molecule has 1 aromatic rings. The quantitative estimate of drug-likeness (QED) is 0.551. The Morgan fingerprint density at radius 1 is 1.38 bits per heavy atom. The normalized spacial score (nSPS) is 9.23. The molecule has 2 nitrogen and oxygen atoms in total. The average molecular weight is 173 g/mol. The van der Waals surface area contributed by atoms with Crippen molar-refractivity contribution in [3.8, 4) is 12.3 Å². The average Bonchev–Trinajstić information content (AvgIpc) is 2.18. The van der Waals surface area contributed by atoms with Gasteiger partial charge in [0.15, 0.2) is 5.78 Å². The second-order valence-electron chi connectivity index (χ2n) is 2.68. The first kappa shape index (κ1) is 9.50. The largest absolute Gasteiger partial charge is 0.330 e. The van der Waals surface area contributed by atoms with Crippen molar-refractivity contribution in [3.05, 3.63) is 35.4 Å². The highest BCUT2D eigenvalue weighted by molar-refractivity contribution is 5.96. The molecule has 0 heterocycles. The molecule has 1 rings (SSSR count). The van der Waals surface area contributed by atoms with Crippen LogP contribution in [0.2, 0.25) is 0 Å². The van der Waals surface area contributed by atoms with Crippen LogP contribution < -0.4 is 5.73 Å². The van der Waals surface area contributed by atoms with E-state index in [1.54, 1.807) is 24.3 Å². The summed E-state index contributed by atoms with van der Waals surface area (Å²) in [5.41, 5.74) is 6.72. The summed E-state index contributed by atoms with van der Waals surface area (Å²) in [4.78, 5) is 11.3. The SMILES string of the molecule is C#Cc1ccc(C(=O)CCN)cc1. The van der Waals surface area contributed by atoms with Crippen LogP contribution in [0.15, 0.2) is 24.3 Å². The molecular weight excluding hydrogens is 162 g/mol. The first-order chi connectivity index (χ1) is 6.27. The van der Waals surface area contributed by atoms with Crippen LogP contribution in [0.5, 0.6) is 0 Å². The fourth-order valence-electron chi connectivity index (χ4n) is 1.03. The van der Waals surface area contributed by atoms with E-state index >= 15 is 0 Å². The van der Waals surface area contributed by atoms with Gasteiger partial charge in [-0.3, -0.25) is 4.79 Å². The van der Waals surface area contributed by atoms with Crippen molar-refractivity contribution < 1.29 is 4.79 Å². The summed E-state index contributed by atoms with van der Waals surface area (Å²) in [7, 11) is 0. The van der Waals surface area contributed by atoms with Gasteiger partial charge in [0.05, 0.1) is 0 Å². The highest BCUT2D eigenvalue weighted by Gasteiger charge is 2.02. The number of carbonyl (C=O) groups excluding carboxylic acids is 1. The Morgan fingerprint density at radius 3 is 2.46 bits per heavy atom. The van der Waals surface area contributed by atoms with Crippen molar-refractivity contribution in [2.75, 3.05) is 6.54 Å². The van der Waals surface area contributed by atoms with Crippen LogP contribution in [0.25, 0.3) is 0 Å². The molecule has 1 aromatic carbocycles. The number of hydrogen-bond acceptors (Lipinski definition) is 2. The molecule has 0 aliphatic carbocycles. The van der Waals surface area contributed by atoms with E-state index in [1.165, 1.54) is 0 Å². The summed E-state index contributed by atoms with van der Waals surface area (Å²) in [6.07, 6.45) is 5.56. The molecule has 2 heteroatoms. The van der Waals surface area contributed by atoms with Crippen LogP contribution >= 0.6 is 0 Å². The molecule has 13 heavy (non-hydrogen) atoms. The highest BCUT2D eigenvalue weighted by Crippen LogP contribution is 2.05. The lowest BCUT2D eigenvalue weighted by Crippen LogP contribution is -2.07. The maximum absolute atomic E-state index is 11.3. The topological polar surface area (TPSA) is 43.1 Å². The minimum absolute atomic E-state index is 0.0612. The summed E-state index contributed by atoms with van der Waals surface area (Å²) in [6.45, 7) is 0.385. The van der Waals surface area contributed by atoms with Crippen molar-refractivity contribution in [2.24, 2.45) is 5.73 Å². The van der Waals surface area contributed by atoms with Gasteiger partial charge in [0, 0.05) is 17.5 Å². The summed E-state index contributed by atoms with van der Waals surface area (Å²) in [5.74, 6) is 2.55. The van der Waals surface area contributed by atoms with Crippen LogP contribution in [-0.4, -0.2) is 12.3 Å². The van der Waals surface area contributed by atoms with E-state index in [9.17, 15) is 4.79 Å². The predicted octanol–water partition coefficient (Wildman–Crippen LogP) is 1.20. The molecule has 0 bridgehead atoms. The number of nitrogens with two attached hydrogens (primary N) is 1. The molecular formula is C11H11NO. The lowest BCUT2D eigenvalue weighted by atomic mass is 10.1. The van der Waals surface area contributed by atoms with Gasteiger partial charge in [-0.05, 0) is 18.7 Å². The summed E-state index contributed by atoms with van der Waals surface area (Å²) in [6, 6.07) is 6.97. The van der Waals surface area contributed by atoms with Gasteiger partial charge in [0.2, 0.25) is 0 Å². The second-order valence-corrected chi connectivity index (χ2v) is 2.68. The molecule has 0 aromatic heterocycles. The number of hydrogen-bond donors (Lipinski definition) is 1. The van der Waals surface area contributed by atoms with Gasteiger partial charge in [-0.15, -0.1) is 6.42 Å². The predicted molar refractivity (Wildman–Crippen MR) is 52.4 cm³/mol. The van der Waals surface area contributed by atoms with Gasteiger partial charge < -0.3 is 5.73 Å². The van der Waals surface area contributed by atoms with Gasteiger partial charge in [-0.2, -0.15) is 0 Å².